The zero-order valence-electron chi connectivity index (χ0n) is 16.2. The number of nitriles is 1. The second-order valence-corrected chi connectivity index (χ2v) is 6.71. The number of hydrogen-bond acceptors (Lipinski definition) is 3. The van der Waals surface area contributed by atoms with Gasteiger partial charge >= 0.3 is 0 Å². The Kier molecular flexibility index (Phi) is 6.05. The summed E-state index contributed by atoms with van der Waals surface area (Å²) in [4.78, 5) is 0. The molecule has 0 atom stereocenters. The summed E-state index contributed by atoms with van der Waals surface area (Å²) in [6.45, 7) is 2.74. The largest absolute Gasteiger partial charge is 0.378 e. The molecule has 138 valence electrons. The minimum absolute atomic E-state index is 0.566. The van der Waals surface area contributed by atoms with Gasteiger partial charge < -0.3 is 4.74 Å². The summed E-state index contributed by atoms with van der Waals surface area (Å²) in [7, 11) is 3.71. The molecule has 0 aliphatic carbocycles. The number of nitrogens with zero attached hydrogens (tertiary/aromatic N) is 3. The quantitative estimate of drug-likeness (QED) is 0.617. The predicted molar refractivity (Wildman–Crippen MR) is 107 cm³/mol. The van der Waals surface area contributed by atoms with Gasteiger partial charge in [-0.1, -0.05) is 55.8 Å². The van der Waals surface area contributed by atoms with Gasteiger partial charge in [0.25, 0.3) is 0 Å². The van der Waals surface area contributed by atoms with Crippen molar-refractivity contribution in [3.63, 3.8) is 0 Å². The van der Waals surface area contributed by atoms with E-state index in [0.717, 1.165) is 41.8 Å². The number of hydrogen-bond donors (Lipinski definition) is 0. The molecule has 0 aliphatic rings. The molecule has 27 heavy (non-hydrogen) atoms. The molecule has 0 saturated carbocycles. The SMILES string of the molecule is CCCc1nn(C)c(COC)c1Cc1ccc(-c2ccccc2C#N)cc1. The van der Waals surface area contributed by atoms with E-state index in [0.29, 0.717) is 12.2 Å². The highest BCUT2D eigenvalue weighted by atomic mass is 16.5. The third-order valence-electron chi connectivity index (χ3n) is 4.82. The summed E-state index contributed by atoms with van der Waals surface area (Å²) in [5.74, 6) is 0. The minimum Gasteiger partial charge on any atom is -0.378 e. The topological polar surface area (TPSA) is 50.8 Å². The van der Waals surface area contributed by atoms with Crippen molar-refractivity contribution in [3.05, 3.63) is 76.6 Å². The van der Waals surface area contributed by atoms with E-state index in [2.05, 4.69) is 37.3 Å². The lowest BCUT2D eigenvalue weighted by Crippen LogP contribution is -2.02. The Morgan fingerprint density at radius 1 is 1.11 bits per heavy atom. The van der Waals surface area contributed by atoms with E-state index in [-0.39, 0.29) is 0 Å². The lowest BCUT2D eigenvalue weighted by atomic mass is 9.96. The average molecular weight is 359 g/mol. The smallest absolute Gasteiger partial charge is 0.0998 e. The lowest BCUT2D eigenvalue weighted by Gasteiger charge is -2.09. The second-order valence-electron chi connectivity index (χ2n) is 6.71. The average Bonchev–Trinajstić information content (AvgIpc) is 2.98. The number of aromatic nitrogens is 2. The van der Waals surface area contributed by atoms with Gasteiger partial charge in [0, 0.05) is 26.1 Å². The standard InChI is InChI=1S/C23H25N3O/c1-4-7-22-21(23(16-27-3)26(2)25-22)14-17-10-12-18(13-11-17)20-9-6-5-8-19(20)15-24/h5-6,8-13H,4,7,14,16H2,1-3H3. The maximum atomic E-state index is 9.32. The van der Waals surface area contributed by atoms with Crippen molar-refractivity contribution in [2.24, 2.45) is 7.05 Å². The van der Waals surface area contributed by atoms with E-state index < -0.39 is 0 Å². The molecule has 0 unspecified atom stereocenters. The Morgan fingerprint density at radius 2 is 1.85 bits per heavy atom. The van der Waals surface area contributed by atoms with Crippen molar-refractivity contribution in [3.8, 4) is 17.2 Å². The molecule has 0 fully saturated rings. The van der Waals surface area contributed by atoms with Gasteiger partial charge in [0.1, 0.15) is 0 Å². The number of methoxy groups -OCH3 is 1. The van der Waals surface area contributed by atoms with E-state index in [1.165, 1.54) is 11.1 Å². The maximum Gasteiger partial charge on any atom is 0.0998 e. The van der Waals surface area contributed by atoms with Gasteiger partial charge in [-0.2, -0.15) is 10.4 Å². The Morgan fingerprint density at radius 3 is 2.52 bits per heavy atom. The van der Waals surface area contributed by atoms with Crippen LogP contribution < -0.4 is 0 Å². The Bertz CT molecular complexity index is 949. The molecule has 0 saturated heterocycles. The van der Waals surface area contributed by atoms with E-state index in [4.69, 9.17) is 9.84 Å². The van der Waals surface area contributed by atoms with E-state index in [9.17, 15) is 5.26 Å². The highest BCUT2D eigenvalue weighted by Gasteiger charge is 2.16. The zero-order valence-corrected chi connectivity index (χ0v) is 16.2. The molecule has 3 rings (SSSR count). The van der Waals surface area contributed by atoms with Gasteiger partial charge in [0.15, 0.2) is 0 Å². The molecule has 3 aromatic rings. The fourth-order valence-corrected chi connectivity index (χ4v) is 3.46. The third kappa shape index (κ3) is 4.10. The van der Waals surface area contributed by atoms with Crippen molar-refractivity contribution in [2.75, 3.05) is 7.11 Å². The van der Waals surface area contributed by atoms with Crippen LogP contribution in [0.5, 0.6) is 0 Å². The molecule has 0 amide bonds. The first-order valence-electron chi connectivity index (χ1n) is 9.28. The summed E-state index contributed by atoms with van der Waals surface area (Å²) in [5.41, 5.74) is 7.53. The first-order chi connectivity index (χ1) is 13.2. The van der Waals surface area contributed by atoms with Crippen molar-refractivity contribution >= 4 is 0 Å². The van der Waals surface area contributed by atoms with Crippen LogP contribution in [-0.2, 0) is 31.2 Å². The van der Waals surface area contributed by atoms with Crippen molar-refractivity contribution in [2.45, 2.75) is 32.8 Å². The summed E-state index contributed by atoms with van der Waals surface area (Å²) in [6, 6.07) is 18.4. The molecule has 2 aromatic carbocycles. The minimum atomic E-state index is 0.566. The molecule has 0 spiro atoms. The summed E-state index contributed by atoms with van der Waals surface area (Å²) in [5, 5.41) is 14.0. The molecule has 4 heteroatoms. The number of benzene rings is 2. The van der Waals surface area contributed by atoms with Gasteiger partial charge in [-0.15, -0.1) is 0 Å². The lowest BCUT2D eigenvalue weighted by molar-refractivity contribution is 0.177. The van der Waals surface area contributed by atoms with Gasteiger partial charge in [-0.05, 0) is 29.2 Å². The molecular formula is C23H25N3O. The summed E-state index contributed by atoms with van der Waals surface area (Å²) < 4.78 is 7.34. The van der Waals surface area contributed by atoms with E-state index >= 15 is 0 Å². The van der Waals surface area contributed by atoms with E-state index in [1.54, 1.807) is 7.11 Å². The normalized spacial score (nSPS) is 10.7. The van der Waals surface area contributed by atoms with Crippen molar-refractivity contribution < 1.29 is 4.74 Å². The van der Waals surface area contributed by atoms with Crippen LogP contribution in [0.3, 0.4) is 0 Å². The second kappa shape index (κ2) is 8.66. The first kappa shape index (κ1) is 18.9. The fraction of sp³-hybridized carbons (Fsp3) is 0.304. The first-order valence-corrected chi connectivity index (χ1v) is 9.28. The van der Waals surface area contributed by atoms with Crippen LogP contribution in [0.25, 0.3) is 11.1 Å². The fourth-order valence-electron chi connectivity index (χ4n) is 3.46. The predicted octanol–water partition coefficient (Wildman–Crippen LogP) is 4.65. The molecule has 0 aliphatic heterocycles. The number of ether oxygens (including phenoxy) is 1. The van der Waals surface area contributed by atoms with Crippen LogP contribution in [-0.4, -0.2) is 16.9 Å². The van der Waals surface area contributed by atoms with Crippen molar-refractivity contribution in [1.82, 2.24) is 9.78 Å². The van der Waals surface area contributed by atoms with Crippen LogP contribution in [0, 0.1) is 11.3 Å². The molecular weight excluding hydrogens is 334 g/mol. The summed E-state index contributed by atoms with van der Waals surface area (Å²) >= 11 is 0. The van der Waals surface area contributed by atoms with Gasteiger partial charge in [-0.3, -0.25) is 4.68 Å². The molecule has 0 N–H and O–H groups in total. The number of rotatable bonds is 7. The third-order valence-corrected chi connectivity index (χ3v) is 4.82. The monoisotopic (exact) mass is 359 g/mol. The molecule has 1 heterocycles. The van der Waals surface area contributed by atoms with Gasteiger partial charge in [0.2, 0.25) is 0 Å². The Hall–Kier alpha value is -2.90. The highest BCUT2D eigenvalue weighted by molar-refractivity contribution is 5.70. The van der Waals surface area contributed by atoms with Crippen LogP contribution in [0.1, 0.15) is 41.4 Å². The zero-order chi connectivity index (χ0) is 19.2. The Balaban J connectivity index is 1.90. The maximum absolute atomic E-state index is 9.32. The van der Waals surface area contributed by atoms with Crippen LogP contribution >= 0.6 is 0 Å². The molecule has 4 nitrogen and oxygen atoms in total. The van der Waals surface area contributed by atoms with Crippen LogP contribution in [0.15, 0.2) is 48.5 Å². The Labute approximate surface area is 161 Å². The van der Waals surface area contributed by atoms with Crippen molar-refractivity contribution in [1.29, 1.82) is 5.26 Å². The highest BCUT2D eigenvalue weighted by Crippen LogP contribution is 2.25. The van der Waals surface area contributed by atoms with Gasteiger partial charge in [-0.25, -0.2) is 0 Å². The number of aryl methyl sites for hydroxylation is 2. The van der Waals surface area contributed by atoms with Crippen LogP contribution in [0.4, 0.5) is 0 Å². The molecule has 0 radical (unpaired) electrons. The van der Waals surface area contributed by atoms with E-state index in [1.807, 2.05) is 36.0 Å². The van der Waals surface area contributed by atoms with Crippen LogP contribution in [0.2, 0.25) is 0 Å². The summed E-state index contributed by atoms with van der Waals surface area (Å²) in [6.07, 6.45) is 2.88. The molecule has 0 bridgehead atoms. The van der Waals surface area contributed by atoms with Gasteiger partial charge in [0.05, 0.1) is 29.6 Å². The molecule has 1 aromatic heterocycles.